The van der Waals surface area contributed by atoms with Crippen molar-refractivity contribution in [3.8, 4) is 44.8 Å². The molecule has 0 amide bonds. The zero-order valence-electron chi connectivity index (χ0n) is 21.0. The van der Waals surface area contributed by atoms with E-state index in [-0.39, 0.29) is 5.54 Å². The van der Waals surface area contributed by atoms with Crippen LogP contribution in [-0.4, -0.2) is 19.6 Å². The van der Waals surface area contributed by atoms with Gasteiger partial charge in [0.05, 0.1) is 11.3 Å². The van der Waals surface area contributed by atoms with E-state index in [1.807, 2.05) is 53.3 Å². The summed E-state index contributed by atoms with van der Waals surface area (Å²) < 4.78 is 1.92. The molecule has 6 aromatic rings. The van der Waals surface area contributed by atoms with Crippen molar-refractivity contribution in [2.45, 2.75) is 24.8 Å². The molecular formula is C33H27N5. The molecule has 0 bridgehead atoms. The lowest BCUT2D eigenvalue weighted by Crippen LogP contribution is -2.43. The van der Waals surface area contributed by atoms with Gasteiger partial charge in [0.25, 0.3) is 0 Å². The Morgan fingerprint density at radius 1 is 0.658 bits per heavy atom. The van der Waals surface area contributed by atoms with E-state index in [0.29, 0.717) is 0 Å². The molecule has 5 nitrogen and oxygen atoms in total. The molecule has 2 N–H and O–H groups in total. The average molecular weight is 494 g/mol. The first-order chi connectivity index (χ1) is 18.7. The van der Waals surface area contributed by atoms with Crippen LogP contribution in [0.15, 0.2) is 116 Å². The highest BCUT2D eigenvalue weighted by molar-refractivity contribution is 5.92. The lowest BCUT2D eigenvalue weighted by Gasteiger charge is -2.38. The van der Waals surface area contributed by atoms with Gasteiger partial charge in [0.15, 0.2) is 5.65 Å². The number of nitrogens with two attached hydrogens (primary N) is 1. The van der Waals surface area contributed by atoms with Gasteiger partial charge < -0.3 is 5.73 Å². The number of nitrogens with zero attached hydrogens (tertiary/aromatic N) is 4. The summed E-state index contributed by atoms with van der Waals surface area (Å²) >= 11 is 0. The predicted octanol–water partition coefficient (Wildman–Crippen LogP) is 7.13. The molecule has 3 aromatic heterocycles. The molecule has 3 aromatic carbocycles. The van der Waals surface area contributed by atoms with Gasteiger partial charge in [0.2, 0.25) is 0 Å². The molecule has 1 saturated carbocycles. The summed E-state index contributed by atoms with van der Waals surface area (Å²) in [5.41, 5.74) is 16.5. The van der Waals surface area contributed by atoms with Gasteiger partial charge in [-0.1, -0.05) is 84.9 Å². The molecule has 0 aliphatic heterocycles. The third kappa shape index (κ3) is 3.80. The molecule has 184 valence electrons. The highest BCUT2D eigenvalue weighted by Gasteiger charge is 2.34. The van der Waals surface area contributed by atoms with Crippen molar-refractivity contribution in [2.75, 3.05) is 0 Å². The zero-order valence-corrected chi connectivity index (χ0v) is 21.0. The molecule has 1 aliphatic carbocycles. The quantitative estimate of drug-likeness (QED) is 0.277. The van der Waals surface area contributed by atoms with Gasteiger partial charge in [-0.2, -0.15) is 5.10 Å². The van der Waals surface area contributed by atoms with Crippen LogP contribution in [0.5, 0.6) is 0 Å². The lowest BCUT2D eigenvalue weighted by molar-refractivity contribution is 0.253. The van der Waals surface area contributed by atoms with Crippen molar-refractivity contribution in [2.24, 2.45) is 5.73 Å². The summed E-state index contributed by atoms with van der Waals surface area (Å²) in [5, 5.41) is 5.06. The third-order valence-electron chi connectivity index (χ3n) is 7.69. The van der Waals surface area contributed by atoms with E-state index in [2.05, 4.69) is 71.8 Å². The van der Waals surface area contributed by atoms with E-state index in [1.54, 1.807) is 0 Å². The molecule has 0 radical (unpaired) electrons. The number of aromatic nitrogens is 4. The van der Waals surface area contributed by atoms with Crippen LogP contribution in [0.4, 0.5) is 0 Å². The summed E-state index contributed by atoms with van der Waals surface area (Å²) in [7, 11) is 0. The van der Waals surface area contributed by atoms with E-state index in [9.17, 15) is 0 Å². The van der Waals surface area contributed by atoms with Gasteiger partial charge in [-0.05, 0) is 48.1 Å². The van der Waals surface area contributed by atoms with Gasteiger partial charge in [0, 0.05) is 40.8 Å². The van der Waals surface area contributed by atoms with E-state index in [1.165, 1.54) is 12.0 Å². The Kier molecular flexibility index (Phi) is 5.38. The topological polar surface area (TPSA) is 69.1 Å². The second-order valence-electron chi connectivity index (χ2n) is 10.0. The number of hydrogen-bond acceptors (Lipinski definition) is 4. The normalized spacial score (nSPS) is 14.3. The predicted molar refractivity (Wildman–Crippen MR) is 152 cm³/mol. The minimum atomic E-state index is -0.192. The van der Waals surface area contributed by atoms with Crippen molar-refractivity contribution in [1.82, 2.24) is 19.6 Å². The highest BCUT2D eigenvalue weighted by Crippen LogP contribution is 2.41. The minimum Gasteiger partial charge on any atom is -0.321 e. The maximum Gasteiger partial charge on any atom is 0.164 e. The van der Waals surface area contributed by atoms with Crippen LogP contribution in [0, 0.1) is 0 Å². The molecule has 0 saturated heterocycles. The third-order valence-corrected chi connectivity index (χ3v) is 7.69. The number of fused-ring (bicyclic) bond motifs is 1. The van der Waals surface area contributed by atoms with Crippen molar-refractivity contribution < 1.29 is 0 Å². The van der Waals surface area contributed by atoms with E-state index in [0.717, 1.165) is 63.3 Å². The molecule has 0 spiro atoms. The Balaban J connectivity index is 1.49. The van der Waals surface area contributed by atoms with Crippen molar-refractivity contribution in [3.63, 3.8) is 0 Å². The lowest BCUT2D eigenvalue weighted by atomic mass is 9.72. The number of benzene rings is 3. The Hall–Kier alpha value is -4.61. The molecule has 0 atom stereocenters. The molecule has 3 heterocycles. The van der Waals surface area contributed by atoms with Crippen LogP contribution >= 0.6 is 0 Å². The van der Waals surface area contributed by atoms with E-state index >= 15 is 0 Å². The van der Waals surface area contributed by atoms with Gasteiger partial charge >= 0.3 is 0 Å². The molecule has 1 aliphatic rings. The van der Waals surface area contributed by atoms with Crippen LogP contribution < -0.4 is 5.73 Å². The molecule has 38 heavy (non-hydrogen) atoms. The summed E-state index contributed by atoms with van der Waals surface area (Å²) in [4.78, 5) is 9.56. The zero-order chi connectivity index (χ0) is 25.5. The highest BCUT2D eigenvalue weighted by atomic mass is 15.3. The van der Waals surface area contributed by atoms with Crippen LogP contribution in [0.25, 0.3) is 50.4 Å². The first-order valence-electron chi connectivity index (χ1n) is 13.0. The Bertz CT molecular complexity index is 1720. The van der Waals surface area contributed by atoms with Crippen LogP contribution in [0.3, 0.4) is 0 Å². The van der Waals surface area contributed by atoms with E-state index < -0.39 is 0 Å². The SMILES string of the molecule is NC1(c2ccc(-c3nc4c(-c5ccncc5)c(-c5ccccc5)nn4cc3-c3ccccc3)cc2)CCC1. The Morgan fingerprint density at radius 2 is 1.29 bits per heavy atom. The van der Waals surface area contributed by atoms with Gasteiger partial charge in [-0.3, -0.25) is 4.98 Å². The van der Waals surface area contributed by atoms with Crippen molar-refractivity contribution in [3.05, 3.63) is 121 Å². The monoisotopic (exact) mass is 493 g/mol. The van der Waals surface area contributed by atoms with Gasteiger partial charge in [0.1, 0.15) is 5.69 Å². The number of rotatable bonds is 5. The van der Waals surface area contributed by atoms with Crippen molar-refractivity contribution >= 4 is 5.65 Å². The Morgan fingerprint density at radius 3 is 1.92 bits per heavy atom. The second-order valence-corrected chi connectivity index (χ2v) is 10.0. The largest absolute Gasteiger partial charge is 0.321 e. The Labute approximate surface area is 221 Å². The summed E-state index contributed by atoms with van der Waals surface area (Å²) in [6, 6.07) is 33.4. The van der Waals surface area contributed by atoms with E-state index in [4.69, 9.17) is 15.8 Å². The van der Waals surface area contributed by atoms with Crippen LogP contribution in [-0.2, 0) is 5.54 Å². The molecule has 0 unspecified atom stereocenters. The van der Waals surface area contributed by atoms with Crippen LogP contribution in [0.2, 0.25) is 0 Å². The standard InChI is InChI=1S/C33H27N5/c34-33(18-7-19-33)27-14-12-26(13-15-27)30-28(23-8-3-1-4-9-23)22-38-32(36-30)29(24-16-20-35-21-17-24)31(37-38)25-10-5-2-6-11-25/h1-6,8-17,20-22H,7,18-19,34H2. The van der Waals surface area contributed by atoms with Crippen LogP contribution in [0.1, 0.15) is 24.8 Å². The summed E-state index contributed by atoms with van der Waals surface area (Å²) in [5.74, 6) is 0. The second kappa shape index (κ2) is 9.05. The summed E-state index contributed by atoms with van der Waals surface area (Å²) in [6.07, 6.45) is 9.01. The first kappa shape index (κ1) is 22.6. The fourth-order valence-corrected chi connectivity index (χ4v) is 5.41. The molecule has 1 fully saturated rings. The number of pyridine rings is 1. The summed E-state index contributed by atoms with van der Waals surface area (Å²) in [6.45, 7) is 0. The van der Waals surface area contributed by atoms with Gasteiger partial charge in [-0.25, -0.2) is 9.50 Å². The first-order valence-corrected chi connectivity index (χ1v) is 13.0. The van der Waals surface area contributed by atoms with Crippen molar-refractivity contribution in [1.29, 1.82) is 0 Å². The number of hydrogen-bond donors (Lipinski definition) is 1. The molecule has 7 rings (SSSR count). The van der Waals surface area contributed by atoms with Gasteiger partial charge in [-0.15, -0.1) is 0 Å². The fraction of sp³-hybridized carbons (Fsp3) is 0.121. The molecular weight excluding hydrogens is 466 g/mol. The maximum atomic E-state index is 6.62. The smallest absolute Gasteiger partial charge is 0.164 e. The average Bonchev–Trinajstić information content (AvgIpc) is 3.35. The molecule has 5 heteroatoms. The maximum absolute atomic E-state index is 6.62. The fourth-order valence-electron chi connectivity index (χ4n) is 5.41. The minimum absolute atomic E-state index is 0.192.